The third kappa shape index (κ3) is 1.93. The number of rotatable bonds is 3. The monoisotopic (exact) mass is 205 g/mol. The zero-order valence-electron chi connectivity index (χ0n) is 7.93. The van der Waals surface area contributed by atoms with Gasteiger partial charge in [-0.2, -0.15) is 0 Å². The summed E-state index contributed by atoms with van der Waals surface area (Å²) in [6, 6.07) is 8.00. The summed E-state index contributed by atoms with van der Waals surface area (Å²) in [4.78, 5) is 4.24. The number of ether oxygens (including phenoxy) is 1. The molecule has 0 saturated carbocycles. The zero-order chi connectivity index (χ0) is 9.80. The van der Waals surface area contributed by atoms with E-state index in [0.717, 1.165) is 17.0 Å². The molecule has 72 valence electrons. The minimum atomic E-state index is 0.704. The van der Waals surface area contributed by atoms with Crippen LogP contribution >= 0.6 is 11.3 Å². The Labute approximate surface area is 87.2 Å². The third-order valence-corrected chi connectivity index (χ3v) is 2.48. The van der Waals surface area contributed by atoms with Crippen molar-refractivity contribution in [3.8, 4) is 17.0 Å². The second-order valence-corrected chi connectivity index (χ2v) is 3.55. The fraction of sp³-hybridized carbons (Fsp3) is 0.182. The fourth-order valence-corrected chi connectivity index (χ4v) is 1.80. The summed E-state index contributed by atoms with van der Waals surface area (Å²) in [6.07, 6.45) is 0. The van der Waals surface area contributed by atoms with Crippen LogP contribution in [0.2, 0.25) is 0 Å². The van der Waals surface area contributed by atoms with Crippen molar-refractivity contribution in [2.45, 2.75) is 6.92 Å². The van der Waals surface area contributed by atoms with Crippen LogP contribution in [-0.2, 0) is 0 Å². The average Bonchev–Trinajstić information content (AvgIpc) is 2.72. The summed E-state index contributed by atoms with van der Waals surface area (Å²) < 4.78 is 5.36. The van der Waals surface area contributed by atoms with Crippen LogP contribution in [0.4, 0.5) is 0 Å². The standard InChI is InChI=1S/C11H11NOS/c1-2-13-10-5-3-9(4-6-10)11-7-14-8-12-11/h3-8H,2H2,1H3. The Hall–Kier alpha value is -1.35. The molecule has 0 amide bonds. The Balaban J connectivity index is 2.22. The van der Waals surface area contributed by atoms with Crippen molar-refractivity contribution < 1.29 is 4.74 Å². The molecular formula is C11H11NOS. The van der Waals surface area contributed by atoms with E-state index in [1.807, 2.05) is 42.1 Å². The molecule has 0 bridgehead atoms. The molecule has 3 heteroatoms. The van der Waals surface area contributed by atoms with Gasteiger partial charge >= 0.3 is 0 Å². The topological polar surface area (TPSA) is 22.1 Å². The van der Waals surface area contributed by atoms with Gasteiger partial charge in [-0.1, -0.05) is 0 Å². The average molecular weight is 205 g/mol. The molecule has 0 radical (unpaired) electrons. The van der Waals surface area contributed by atoms with Crippen LogP contribution in [0.3, 0.4) is 0 Å². The highest BCUT2D eigenvalue weighted by atomic mass is 32.1. The molecule has 0 aliphatic heterocycles. The third-order valence-electron chi connectivity index (χ3n) is 1.89. The molecule has 0 fully saturated rings. The second kappa shape index (κ2) is 4.24. The molecule has 0 N–H and O–H groups in total. The first-order valence-corrected chi connectivity index (χ1v) is 5.46. The van der Waals surface area contributed by atoms with E-state index < -0.39 is 0 Å². The molecule has 0 unspecified atom stereocenters. The van der Waals surface area contributed by atoms with Gasteiger partial charge in [0.2, 0.25) is 0 Å². The largest absolute Gasteiger partial charge is 0.494 e. The number of thiazole rings is 1. The van der Waals surface area contributed by atoms with Crippen LogP contribution in [0.5, 0.6) is 5.75 Å². The Morgan fingerprint density at radius 1 is 1.29 bits per heavy atom. The summed E-state index contributed by atoms with van der Waals surface area (Å²) in [5, 5.41) is 2.04. The maximum Gasteiger partial charge on any atom is 0.119 e. The predicted molar refractivity (Wildman–Crippen MR) is 58.7 cm³/mol. The van der Waals surface area contributed by atoms with Gasteiger partial charge < -0.3 is 4.74 Å². The molecule has 2 nitrogen and oxygen atoms in total. The SMILES string of the molecule is CCOc1ccc(-c2cscn2)cc1. The summed E-state index contributed by atoms with van der Waals surface area (Å²) in [7, 11) is 0. The van der Waals surface area contributed by atoms with Crippen LogP contribution in [0.15, 0.2) is 35.2 Å². The molecule has 1 aromatic carbocycles. The molecule has 0 aliphatic carbocycles. The summed E-state index contributed by atoms with van der Waals surface area (Å²) in [5.41, 5.74) is 4.00. The van der Waals surface area contributed by atoms with Gasteiger partial charge in [0.25, 0.3) is 0 Å². The van der Waals surface area contributed by atoms with Crippen LogP contribution in [0, 0.1) is 0 Å². The highest BCUT2D eigenvalue weighted by Crippen LogP contribution is 2.21. The van der Waals surface area contributed by atoms with Gasteiger partial charge in [0.1, 0.15) is 5.75 Å². The van der Waals surface area contributed by atoms with Crippen LogP contribution in [0.1, 0.15) is 6.92 Å². The lowest BCUT2D eigenvalue weighted by Crippen LogP contribution is -1.90. The highest BCUT2D eigenvalue weighted by Gasteiger charge is 1.99. The number of hydrogen-bond acceptors (Lipinski definition) is 3. The van der Waals surface area contributed by atoms with Crippen molar-refractivity contribution in [1.82, 2.24) is 4.98 Å². The second-order valence-electron chi connectivity index (χ2n) is 2.83. The minimum Gasteiger partial charge on any atom is -0.494 e. The molecule has 2 rings (SSSR count). The van der Waals surface area contributed by atoms with E-state index in [1.54, 1.807) is 11.3 Å². The van der Waals surface area contributed by atoms with E-state index in [-0.39, 0.29) is 0 Å². The van der Waals surface area contributed by atoms with E-state index in [9.17, 15) is 0 Å². The first-order valence-electron chi connectivity index (χ1n) is 4.51. The van der Waals surface area contributed by atoms with E-state index in [1.165, 1.54) is 0 Å². The molecule has 1 heterocycles. The van der Waals surface area contributed by atoms with Crippen molar-refractivity contribution in [2.75, 3.05) is 6.61 Å². The normalized spacial score (nSPS) is 10.1. The lowest BCUT2D eigenvalue weighted by molar-refractivity contribution is 0.340. The zero-order valence-corrected chi connectivity index (χ0v) is 8.75. The number of aromatic nitrogens is 1. The number of nitrogens with zero attached hydrogens (tertiary/aromatic N) is 1. The van der Waals surface area contributed by atoms with Crippen molar-refractivity contribution in [3.63, 3.8) is 0 Å². The molecule has 0 atom stereocenters. The maximum atomic E-state index is 5.36. The van der Waals surface area contributed by atoms with E-state index >= 15 is 0 Å². The van der Waals surface area contributed by atoms with Crippen LogP contribution in [0.25, 0.3) is 11.3 Å². The molecule has 14 heavy (non-hydrogen) atoms. The van der Waals surface area contributed by atoms with Crippen molar-refractivity contribution in [1.29, 1.82) is 0 Å². The van der Waals surface area contributed by atoms with Gasteiger partial charge in [0.15, 0.2) is 0 Å². The molecular weight excluding hydrogens is 194 g/mol. The Bertz CT molecular complexity index is 380. The summed E-state index contributed by atoms with van der Waals surface area (Å²) >= 11 is 1.61. The molecule has 0 spiro atoms. The van der Waals surface area contributed by atoms with Crippen molar-refractivity contribution in [3.05, 3.63) is 35.2 Å². The Kier molecular flexibility index (Phi) is 2.79. The first kappa shape index (κ1) is 9.21. The number of benzene rings is 1. The Morgan fingerprint density at radius 2 is 2.07 bits per heavy atom. The van der Waals surface area contributed by atoms with Crippen LogP contribution < -0.4 is 4.74 Å². The number of hydrogen-bond donors (Lipinski definition) is 0. The molecule has 0 aliphatic rings. The van der Waals surface area contributed by atoms with Gasteiger partial charge in [0.05, 0.1) is 17.8 Å². The smallest absolute Gasteiger partial charge is 0.119 e. The lowest BCUT2D eigenvalue weighted by Gasteiger charge is -2.02. The van der Waals surface area contributed by atoms with Gasteiger partial charge in [-0.3, -0.25) is 0 Å². The summed E-state index contributed by atoms with van der Waals surface area (Å²) in [5.74, 6) is 0.909. The van der Waals surface area contributed by atoms with Crippen molar-refractivity contribution in [2.24, 2.45) is 0 Å². The minimum absolute atomic E-state index is 0.704. The molecule has 0 saturated heterocycles. The predicted octanol–water partition coefficient (Wildman–Crippen LogP) is 3.21. The highest BCUT2D eigenvalue weighted by molar-refractivity contribution is 7.07. The van der Waals surface area contributed by atoms with Gasteiger partial charge in [-0.25, -0.2) is 4.98 Å². The van der Waals surface area contributed by atoms with Gasteiger partial charge in [-0.05, 0) is 31.2 Å². The van der Waals surface area contributed by atoms with Gasteiger partial charge in [-0.15, -0.1) is 11.3 Å². The van der Waals surface area contributed by atoms with Crippen LogP contribution in [-0.4, -0.2) is 11.6 Å². The molecule has 2 aromatic rings. The fourth-order valence-electron chi connectivity index (χ4n) is 1.24. The first-order chi connectivity index (χ1) is 6.90. The Morgan fingerprint density at radius 3 is 2.64 bits per heavy atom. The maximum absolute atomic E-state index is 5.36. The van der Waals surface area contributed by atoms with E-state index in [0.29, 0.717) is 6.61 Å². The quantitative estimate of drug-likeness (QED) is 0.767. The molecule has 1 aromatic heterocycles. The summed E-state index contributed by atoms with van der Waals surface area (Å²) in [6.45, 7) is 2.68. The van der Waals surface area contributed by atoms with Crippen molar-refractivity contribution >= 4 is 11.3 Å². The lowest BCUT2D eigenvalue weighted by atomic mass is 10.2. The van der Waals surface area contributed by atoms with Gasteiger partial charge in [0, 0.05) is 10.9 Å². The van der Waals surface area contributed by atoms with E-state index in [4.69, 9.17) is 4.74 Å². The van der Waals surface area contributed by atoms with E-state index in [2.05, 4.69) is 4.98 Å².